The molecule has 0 saturated carbocycles. The van der Waals surface area contributed by atoms with Crippen LogP contribution in [-0.4, -0.2) is 30.4 Å². The maximum absolute atomic E-state index is 12.7. The molecule has 19 heavy (non-hydrogen) atoms. The van der Waals surface area contributed by atoms with Gasteiger partial charge in [-0.15, -0.1) is 0 Å². The Morgan fingerprint density at radius 1 is 1.32 bits per heavy atom. The largest absolute Gasteiger partial charge is 0.339 e. The van der Waals surface area contributed by atoms with Gasteiger partial charge < -0.3 is 10.6 Å². The van der Waals surface area contributed by atoms with Crippen molar-refractivity contribution in [3.8, 4) is 0 Å². The number of nitrogens with zero attached hydrogens (tertiary/aromatic N) is 1. The van der Waals surface area contributed by atoms with E-state index in [2.05, 4.69) is 0 Å². The first kappa shape index (κ1) is 15.4. The van der Waals surface area contributed by atoms with Gasteiger partial charge in [0.1, 0.15) is 5.82 Å². The van der Waals surface area contributed by atoms with Gasteiger partial charge in [0.25, 0.3) is 0 Å². The van der Waals surface area contributed by atoms with Crippen molar-refractivity contribution in [2.45, 2.75) is 19.8 Å². The van der Waals surface area contributed by atoms with Gasteiger partial charge >= 0.3 is 0 Å². The SMILES string of the molecule is CCN(CCCCN)C(=O)/C=C/c1ccc(F)cc1. The smallest absolute Gasteiger partial charge is 0.246 e. The zero-order valence-corrected chi connectivity index (χ0v) is 11.3. The van der Waals surface area contributed by atoms with Crippen molar-refractivity contribution in [2.75, 3.05) is 19.6 Å². The summed E-state index contributed by atoms with van der Waals surface area (Å²) >= 11 is 0. The standard InChI is InChI=1S/C15H21FN2O/c1-2-18(12-4-3-11-17)15(19)10-7-13-5-8-14(16)9-6-13/h5-10H,2-4,11-12,17H2,1H3/b10-7+. The summed E-state index contributed by atoms with van der Waals surface area (Å²) in [6.45, 7) is 4.00. The third-order valence-corrected chi connectivity index (χ3v) is 2.86. The first-order chi connectivity index (χ1) is 9.17. The summed E-state index contributed by atoms with van der Waals surface area (Å²) in [5, 5.41) is 0. The van der Waals surface area contributed by atoms with Crippen LogP contribution >= 0.6 is 0 Å². The zero-order valence-electron chi connectivity index (χ0n) is 11.3. The molecule has 1 aromatic rings. The van der Waals surface area contributed by atoms with Crippen molar-refractivity contribution >= 4 is 12.0 Å². The molecule has 0 fully saturated rings. The van der Waals surface area contributed by atoms with Crippen molar-refractivity contribution in [3.63, 3.8) is 0 Å². The Morgan fingerprint density at radius 2 is 2.00 bits per heavy atom. The molecule has 0 radical (unpaired) electrons. The topological polar surface area (TPSA) is 46.3 Å². The van der Waals surface area contributed by atoms with Crippen LogP contribution in [-0.2, 0) is 4.79 Å². The molecule has 0 unspecified atom stereocenters. The summed E-state index contributed by atoms with van der Waals surface area (Å²) in [5.74, 6) is -0.302. The van der Waals surface area contributed by atoms with E-state index < -0.39 is 0 Å². The van der Waals surface area contributed by atoms with Crippen molar-refractivity contribution in [1.82, 2.24) is 4.90 Å². The third kappa shape index (κ3) is 5.66. The molecule has 0 bridgehead atoms. The third-order valence-electron chi connectivity index (χ3n) is 2.86. The average molecular weight is 264 g/mol. The lowest BCUT2D eigenvalue weighted by Gasteiger charge is -2.18. The molecule has 0 aliphatic rings. The summed E-state index contributed by atoms with van der Waals surface area (Å²) in [6.07, 6.45) is 5.07. The molecule has 2 N–H and O–H groups in total. The fraction of sp³-hybridized carbons (Fsp3) is 0.400. The highest BCUT2D eigenvalue weighted by atomic mass is 19.1. The maximum Gasteiger partial charge on any atom is 0.246 e. The van der Waals surface area contributed by atoms with Crippen LogP contribution in [0, 0.1) is 5.82 Å². The van der Waals surface area contributed by atoms with E-state index >= 15 is 0 Å². The van der Waals surface area contributed by atoms with E-state index in [1.54, 1.807) is 23.1 Å². The minimum Gasteiger partial charge on any atom is -0.339 e. The van der Waals surface area contributed by atoms with E-state index in [1.807, 2.05) is 6.92 Å². The molecule has 3 nitrogen and oxygen atoms in total. The van der Waals surface area contributed by atoms with E-state index in [9.17, 15) is 9.18 Å². The maximum atomic E-state index is 12.7. The van der Waals surface area contributed by atoms with Crippen molar-refractivity contribution in [3.05, 3.63) is 41.7 Å². The lowest BCUT2D eigenvalue weighted by atomic mass is 10.2. The van der Waals surface area contributed by atoms with Crippen molar-refractivity contribution < 1.29 is 9.18 Å². The van der Waals surface area contributed by atoms with Gasteiger partial charge in [0, 0.05) is 19.2 Å². The fourth-order valence-corrected chi connectivity index (χ4v) is 1.72. The number of carbonyl (C=O) groups excluding carboxylic acids is 1. The van der Waals surface area contributed by atoms with Gasteiger partial charge in [0.15, 0.2) is 0 Å². The van der Waals surface area contributed by atoms with E-state index in [1.165, 1.54) is 18.2 Å². The van der Waals surface area contributed by atoms with Crippen LogP contribution in [0.2, 0.25) is 0 Å². The van der Waals surface area contributed by atoms with Gasteiger partial charge in [-0.1, -0.05) is 12.1 Å². The highest BCUT2D eigenvalue weighted by molar-refractivity contribution is 5.91. The molecule has 1 aromatic carbocycles. The summed E-state index contributed by atoms with van der Waals surface area (Å²) in [5.41, 5.74) is 6.24. The van der Waals surface area contributed by atoms with Gasteiger partial charge in [0.2, 0.25) is 5.91 Å². The fourth-order valence-electron chi connectivity index (χ4n) is 1.72. The van der Waals surface area contributed by atoms with E-state index in [0.717, 1.165) is 24.9 Å². The average Bonchev–Trinajstić information content (AvgIpc) is 2.43. The van der Waals surface area contributed by atoms with Crippen LogP contribution in [0.3, 0.4) is 0 Å². The van der Waals surface area contributed by atoms with Gasteiger partial charge in [-0.25, -0.2) is 4.39 Å². The molecule has 4 heteroatoms. The first-order valence-corrected chi connectivity index (χ1v) is 6.60. The number of nitrogens with two attached hydrogens (primary N) is 1. The Bertz CT molecular complexity index is 415. The predicted octanol–water partition coefficient (Wildman–Crippen LogP) is 2.43. The van der Waals surface area contributed by atoms with Crippen LogP contribution in [0.15, 0.2) is 30.3 Å². The molecule has 0 aliphatic carbocycles. The number of unbranched alkanes of at least 4 members (excludes halogenated alkanes) is 1. The summed E-state index contributed by atoms with van der Waals surface area (Å²) in [4.78, 5) is 13.7. The number of hydrogen-bond acceptors (Lipinski definition) is 2. The van der Waals surface area contributed by atoms with E-state index in [0.29, 0.717) is 13.1 Å². The number of amides is 1. The first-order valence-electron chi connectivity index (χ1n) is 6.60. The number of rotatable bonds is 7. The highest BCUT2D eigenvalue weighted by Gasteiger charge is 2.07. The normalized spacial score (nSPS) is 10.9. The molecule has 0 heterocycles. The van der Waals surface area contributed by atoms with Gasteiger partial charge in [-0.3, -0.25) is 4.79 Å². The van der Waals surface area contributed by atoms with Crippen LogP contribution in [0.1, 0.15) is 25.3 Å². The summed E-state index contributed by atoms with van der Waals surface area (Å²) < 4.78 is 12.7. The zero-order chi connectivity index (χ0) is 14.1. The Hall–Kier alpha value is -1.68. The number of likely N-dealkylation sites (N-methyl/N-ethyl adjacent to an activating group) is 1. The molecular weight excluding hydrogens is 243 g/mol. The minimum absolute atomic E-state index is 0.0242. The molecule has 0 aromatic heterocycles. The highest BCUT2D eigenvalue weighted by Crippen LogP contribution is 2.05. The quantitative estimate of drug-likeness (QED) is 0.607. The second kappa shape index (κ2) is 8.43. The van der Waals surface area contributed by atoms with Gasteiger partial charge in [0.05, 0.1) is 0 Å². The lowest BCUT2D eigenvalue weighted by Crippen LogP contribution is -2.30. The van der Waals surface area contributed by atoms with Crippen LogP contribution < -0.4 is 5.73 Å². The molecule has 0 atom stereocenters. The van der Waals surface area contributed by atoms with E-state index in [-0.39, 0.29) is 11.7 Å². The Morgan fingerprint density at radius 3 is 2.58 bits per heavy atom. The number of halogens is 1. The number of hydrogen-bond donors (Lipinski definition) is 1. The Balaban J connectivity index is 2.53. The van der Waals surface area contributed by atoms with Crippen LogP contribution in [0.25, 0.3) is 6.08 Å². The molecule has 1 amide bonds. The second-order valence-electron chi connectivity index (χ2n) is 4.30. The van der Waals surface area contributed by atoms with Crippen molar-refractivity contribution in [2.24, 2.45) is 5.73 Å². The molecule has 0 saturated heterocycles. The number of carbonyl (C=O) groups is 1. The Labute approximate surface area is 113 Å². The molecule has 0 spiro atoms. The van der Waals surface area contributed by atoms with Crippen LogP contribution in [0.5, 0.6) is 0 Å². The molecule has 104 valence electrons. The van der Waals surface area contributed by atoms with Crippen LogP contribution in [0.4, 0.5) is 4.39 Å². The van der Waals surface area contributed by atoms with E-state index in [4.69, 9.17) is 5.73 Å². The summed E-state index contributed by atoms with van der Waals surface area (Å²) in [6, 6.07) is 6.04. The second-order valence-corrected chi connectivity index (χ2v) is 4.30. The van der Waals surface area contributed by atoms with Gasteiger partial charge in [-0.05, 0) is 50.1 Å². The summed E-state index contributed by atoms with van der Waals surface area (Å²) in [7, 11) is 0. The van der Waals surface area contributed by atoms with Gasteiger partial charge in [-0.2, -0.15) is 0 Å². The lowest BCUT2D eigenvalue weighted by molar-refractivity contribution is -0.125. The van der Waals surface area contributed by atoms with Crippen molar-refractivity contribution in [1.29, 1.82) is 0 Å². The minimum atomic E-state index is -0.277. The predicted molar refractivity (Wildman–Crippen MR) is 76.0 cm³/mol. The molecule has 1 rings (SSSR count). The molecule has 0 aliphatic heterocycles. The number of benzene rings is 1. The monoisotopic (exact) mass is 264 g/mol. The Kier molecular flexibility index (Phi) is 6.82. The molecular formula is C15H21FN2O.